The van der Waals surface area contributed by atoms with Crippen LogP contribution in [0.4, 0.5) is 0 Å². The van der Waals surface area contributed by atoms with Crippen LogP contribution in [0.1, 0.15) is 35.1 Å². The maximum absolute atomic E-state index is 11.6. The van der Waals surface area contributed by atoms with Crippen molar-refractivity contribution in [3.05, 3.63) is 70.8 Å². The summed E-state index contributed by atoms with van der Waals surface area (Å²) in [5.74, 6) is -0.710. The number of nitrogens with one attached hydrogen (secondary N) is 1. The van der Waals surface area contributed by atoms with Crippen molar-refractivity contribution < 1.29 is 19.1 Å². The number of methoxy groups -OCH3 is 1. The molecule has 7 heteroatoms. The van der Waals surface area contributed by atoms with Crippen molar-refractivity contribution >= 4 is 19.7 Å². The number of benzene rings is 2. The van der Waals surface area contributed by atoms with Gasteiger partial charge >= 0.3 is 5.97 Å². The molecule has 0 fully saturated rings. The molecular formula is C23H31BN2O4. The third-order valence-electron chi connectivity index (χ3n) is 4.14. The highest BCUT2D eigenvalue weighted by Crippen LogP contribution is 2.03. The summed E-state index contributed by atoms with van der Waals surface area (Å²) in [6, 6.07) is 15.3. The van der Waals surface area contributed by atoms with Crippen molar-refractivity contribution in [1.29, 1.82) is 0 Å². The molecule has 3 N–H and O–H groups in total. The van der Waals surface area contributed by atoms with Crippen LogP contribution >= 0.6 is 0 Å². The Labute approximate surface area is 180 Å². The first-order valence-electron chi connectivity index (χ1n) is 9.86. The summed E-state index contributed by atoms with van der Waals surface area (Å²) in [4.78, 5) is 23.0. The fourth-order valence-electron chi connectivity index (χ4n) is 2.36. The van der Waals surface area contributed by atoms with Gasteiger partial charge in [0, 0.05) is 26.6 Å². The molecule has 2 aromatic carbocycles. The summed E-state index contributed by atoms with van der Waals surface area (Å²) < 4.78 is 9.60. The van der Waals surface area contributed by atoms with E-state index in [1.54, 1.807) is 0 Å². The van der Waals surface area contributed by atoms with Gasteiger partial charge in [-0.1, -0.05) is 59.7 Å². The van der Waals surface area contributed by atoms with Crippen molar-refractivity contribution in [2.24, 2.45) is 5.73 Å². The maximum Gasteiger partial charge on any atom is 0.305 e. The number of hydrogen-bond donors (Lipinski definition) is 2. The molecule has 0 saturated carbocycles. The van der Waals surface area contributed by atoms with Crippen LogP contribution < -0.4 is 11.1 Å². The molecule has 0 heterocycles. The fourth-order valence-corrected chi connectivity index (χ4v) is 2.36. The zero-order valence-electron chi connectivity index (χ0n) is 18.0. The number of carbonyl (C=O) groups is 2. The molecule has 0 aromatic heterocycles. The molecule has 1 atom stereocenters. The lowest BCUT2D eigenvalue weighted by molar-refractivity contribution is -0.148. The second-order valence-electron chi connectivity index (χ2n) is 6.94. The molecule has 1 amide bonds. The minimum atomic E-state index is -0.793. The SMILES string of the molecule is Cc1ccc(CN)cc1.[B]C(COC)OC(=O)CCC(=O)NCc1ccc(C)cc1. The Kier molecular flexibility index (Phi) is 12.2. The van der Waals surface area contributed by atoms with Gasteiger partial charge in [-0.25, -0.2) is 0 Å². The second kappa shape index (κ2) is 14.4. The molecule has 2 aromatic rings. The number of aryl methyl sites for hydroxylation is 2. The molecule has 0 saturated heterocycles. The summed E-state index contributed by atoms with van der Waals surface area (Å²) >= 11 is 0. The third kappa shape index (κ3) is 11.4. The van der Waals surface area contributed by atoms with Crippen molar-refractivity contribution in [3.63, 3.8) is 0 Å². The first kappa shape index (κ1) is 25.4. The minimum Gasteiger partial charge on any atom is -0.470 e. The quantitative estimate of drug-likeness (QED) is 0.490. The van der Waals surface area contributed by atoms with E-state index in [0.29, 0.717) is 13.1 Å². The Bertz CT molecular complexity index is 764. The van der Waals surface area contributed by atoms with Crippen molar-refractivity contribution in [1.82, 2.24) is 5.32 Å². The van der Waals surface area contributed by atoms with E-state index in [-0.39, 0.29) is 25.4 Å². The van der Waals surface area contributed by atoms with E-state index in [2.05, 4.69) is 36.5 Å². The molecule has 0 aliphatic carbocycles. The van der Waals surface area contributed by atoms with Gasteiger partial charge in [0.1, 0.15) is 7.85 Å². The normalized spacial score (nSPS) is 11.1. The summed E-state index contributed by atoms with van der Waals surface area (Å²) in [6.07, 6.45) is 0.0710. The average Bonchev–Trinajstić information content (AvgIpc) is 2.73. The Hall–Kier alpha value is -2.64. The predicted molar refractivity (Wildman–Crippen MR) is 119 cm³/mol. The highest BCUT2D eigenvalue weighted by molar-refractivity contribution is 6.11. The zero-order chi connectivity index (χ0) is 22.4. The summed E-state index contributed by atoms with van der Waals surface area (Å²) in [5.41, 5.74) is 10.1. The lowest BCUT2D eigenvalue weighted by atomic mass is 10.0. The van der Waals surface area contributed by atoms with Crippen molar-refractivity contribution in [2.75, 3.05) is 13.7 Å². The number of carbonyl (C=O) groups excluding carboxylic acids is 2. The zero-order valence-corrected chi connectivity index (χ0v) is 18.0. The topological polar surface area (TPSA) is 90.7 Å². The number of hydrogen-bond acceptors (Lipinski definition) is 5. The average molecular weight is 410 g/mol. The molecule has 160 valence electrons. The van der Waals surface area contributed by atoms with E-state index in [9.17, 15) is 9.59 Å². The lowest BCUT2D eigenvalue weighted by Crippen LogP contribution is -2.26. The van der Waals surface area contributed by atoms with Gasteiger partial charge in [0.05, 0.1) is 19.0 Å². The van der Waals surface area contributed by atoms with Crippen LogP contribution in [0.15, 0.2) is 48.5 Å². The maximum atomic E-state index is 11.6. The molecule has 30 heavy (non-hydrogen) atoms. The number of rotatable bonds is 9. The minimum absolute atomic E-state index is 0.00283. The molecular weight excluding hydrogens is 379 g/mol. The number of esters is 1. The second-order valence-corrected chi connectivity index (χ2v) is 6.94. The monoisotopic (exact) mass is 410 g/mol. The van der Waals surface area contributed by atoms with Crippen LogP contribution in [0.2, 0.25) is 0 Å². The van der Waals surface area contributed by atoms with Gasteiger partial charge < -0.3 is 20.5 Å². The predicted octanol–water partition coefficient (Wildman–Crippen LogP) is 2.53. The molecule has 2 rings (SSSR count). The molecule has 0 aliphatic heterocycles. The molecule has 1 unspecified atom stereocenters. The molecule has 0 spiro atoms. The van der Waals surface area contributed by atoms with Crippen molar-refractivity contribution in [3.8, 4) is 0 Å². The van der Waals surface area contributed by atoms with E-state index >= 15 is 0 Å². The van der Waals surface area contributed by atoms with Crippen LogP contribution in [-0.2, 0) is 32.2 Å². The fraction of sp³-hybridized carbons (Fsp3) is 0.391. The van der Waals surface area contributed by atoms with E-state index < -0.39 is 12.0 Å². The lowest BCUT2D eigenvalue weighted by Gasteiger charge is -2.12. The number of ether oxygens (including phenoxy) is 2. The Morgan fingerprint density at radius 3 is 2.00 bits per heavy atom. The Morgan fingerprint density at radius 1 is 0.967 bits per heavy atom. The smallest absolute Gasteiger partial charge is 0.305 e. The van der Waals surface area contributed by atoms with E-state index in [4.69, 9.17) is 23.1 Å². The Balaban J connectivity index is 0.000000414. The first-order valence-corrected chi connectivity index (χ1v) is 9.86. The van der Waals surface area contributed by atoms with Gasteiger partial charge in [-0.3, -0.25) is 9.59 Å². The van der Waals surface area contributed by atoms with Crippen LogP contribution in [0, 0.1) is 13.8 Å². The highest BCUT2D eigenvalue weighted by Gasteiger charge is 2.11. The standard InChI is InChI=1S/C15H20BNO4.C8H11N/c1-11-3-5-12(6-4-11)9-17-14(18)7-8-15(19)21-13(16)10-20-2;1-7-2-4-8(6-9)5-3-7/h3-6,13H,7-10H2,1-2H3,(H,17,18);2-5H,6,9H2,1H3. The number of nitrogens with two attached hydrogens (primary N) is 1. The number of amides is 1. The molecule has 6 nitrogen and oxygen atoms in total. The third-order valence-corrected chi connectivity index (χ3v) is 4.14. The van der Waals surface area contributed by atoms with E-state index in [1.165, 1.54) is 23.8 Å². The summed E-state index contributed by atoms with van der Waals surface area (Å²) in [5, 5.41) is 2.75. The van der Waals surface area contributed by atoms with Gasteiger partial charge in [-0.15, -0.1) is 0 Å². The van der Waals surface area contributed by atoms with E-state index in [0.717, 1.165) is 5.56 Å². The van der Waals surface area contributed by atoms with Crippen molar-refractivity contribution in [2.45, 2.75) is 45.8 Å². The summed E-state index contributed by atoms with van der Waals surface area (Å²) in [7, 11) is 6.93. The van der Waals surface area contributed by atoms with Gasteiger partial charge in [-0.05, 0) is 25.0 Å². The van der Waals surface area contributed by atoms with Crippen LogP contribution in [-0.4, -0.2) is 39.4 Å². The first-order chi connectivity index (χ1) is 14.3. The summed E-state index contributed by atoms with van der Waals surface area (Å²) in [6.45, 7) is 5.28. The van der Waals surface area contributed by atoms with E-state index in [1.807, 2.05) is 31.2 Å². The van der Waals surface area contributed by atoms with Gasteiger partial charge in [0.2, 0.25) is 5.91 Å². The van der Waals surface area contributed by atoms with Gasteiger partial charge in [-0.2, -0.15) is 0 Å². The molecule has 0 bridgehead atoms. The highest BCUT2D eigenvalue weighted by atomic mass is 16.6. The molecule has 2 radical (unpaired) electrons. The van der Waals surface area contributed by atoms with Crippen LogP contribution in [0.5, 0.6) is 0 Å². The van der Waals surface area contributed by atoms with Crippen LogP contribution in [0.25, 0.3) is 0 Å². The van der Waals surface area contributed by atoms with Gasteiger partial charge in [0.15, 0.2) is 0 Å². The Morgan fingerprint density at radius 2 is 1.50 bits per heavy atom. The van der Waals surface area contributed by atoms with Gasteiger partial charge in [0.25, 0.3) is 0 Å². The molecule has 0 aliphatic rings. The largest absolute Gasteiger partial charge is 0.470 e. The van der Waals surface area contributed by atoms with Crippen LogP contribution in [0.3, 0.4) is 0 Å².